The van der Waals surface area contributed by atoms with Crippen molar-refractivity contribution < 1.29 is 9.53 Å². The number of nitrogens with one attached hydrogen (secondary N) is 1. The molecule has 1 saturated carbocycles. The number of esters is 1. The number of carbonyl (C=O) groups is 1. The molecule has 0 radical (unpaired) electrons. The van der Waals surface area contributed by atoms with Crippen molar-refractivity contribution in [3.63, 3.8) is 0 Å². The molecule has 0 aromatic heterocycles. The SMILES string of the molecule is CCOC(=O)C1CCCC(Nc2ccc(C#N)cc2Br)C1. The molecule has 2 rings (SSSR count). The molecule has 1 aromatic rings. The summed E-state index contributed by atoms with van der Waals surface area (Å²) in [5, 5.41) is 12.3. The van der Waals surface area contributed by atoms with Crippen molar-refractivity contribution in [2.75, 3.05) is 11.9 Å². The number of rotatable bonds is 4. The van der Waals surface area contributed by atoms with Crippen molar-refractivity contribution in [3.05, 3.63) is 28.2 Å². The monoisotopic (exact) mass is 350 g/mol. The molecule has 0 saturated heterocycles. The number of hydrogen-bond donors (Lipinski definition) is 1. The fourth-order valence-corrected chi connectivity index (χ4v) is 3.21. The lowest BCUT2D eigenvalue weighted by atomic mass is 9.85. The first kappa shape index (κ1) is 15.8. The van der Waals surface area contributed by atoms with E-state index in [9.17, 15) is 4.79 Å². The van der Waals surface area contributed by atoms with Crippen molar-refractivity contribution in [3.8, 4) is 6.07 Å². The number of anilines is 1. The summed E-state index contributed by atoms with van der Waals surface area (Å²) in [6, 6.07) is 7.87. The van der Waals surface area contributed by atoms with Gasteiger partial charge in [0.1, 0.15) is 0 Å². The van der Waals surface area contributed by atoms with Gasteiger partial charge in [-0.3, -0.25) is 4.79 Å². The molecule has 0 spiro atoms. The highest BCUT2D eigenvalue weighted by atomic mass is 79.9. The van der Waals surface area contributed by atoms with Crippen LogP contribution >= 0.6 is 15.9 Å². The molecule has 4 nitrogen and oxygen atoms in total. The zero-order valence-electron chi connectivity index (χ0n) is 12.1. The Kier molecular flexibility index (Phi) is 5.63. The second kappa shape index (κ2) is 7.46. The lowest BCUT2D eigenvalue weighted by Gasteiger charge is -2.29. The number of nitrogens with zero attached hydrogens (tertiary/aromatic N) is 1. The van der Waals surface area contributed by atoms with Crippen molar-refractivity contribution in [1.82, 2.24) is 0 Å². The molecule has 2 unspecified atom stereocenters. The number of hydrogen-bond acceptors (Lipinski definition) is 4. The lowest BCUT2D eigenvalue weighted by molar-refractivity contribution is -0.149. The third kappa shape index (κ3) is 4.21. The number of benzene rings is 1. The fraction of sp³-hybridized carbons (Fsp3) is 0.500. The van der Waals surface area contributed by atoms with Gasteiger partial charge in [0.15, 0.2) is 0 Å². The van der Waals surface area contributed by atoms with Crippen LogP contribution in [0.1, 0.15) is 38.2 Å². The van der Waals surface area contributed by atoms with Crippen LogP contribution in [0.15, 0.2) is 22.7 Å². The average Bonchev–Trinajstić information content (AvgIpc) is 2.50. The Morgan fingerprint density at radius 2 is 2.33 bits per heavy atom. The van der Waals surface area contributed by atoms with Gasteiger partial charge in [0, 0.05) is 16.2 Å². The van der Waals surface area contributed by atoms with Gasteiger partial charge in [-0.1, -0.05) is 6.42 Å². The van der Waals surface area contributed by atoms with Crippen LogP contribution in [0, 0.1) is 17.2 Å². The van der Waals surface area contributed by atoms with Crippen LogP contribution in [0.5, 0.6) is 0 Å². The standard InChI is InChI=1S/C16H19BrN2O2/c1-2-21-16(20)12-4-3-5-13(9-12)19-15-7-6-11(10-18)8-14(15)17/h6-8,12-13,19H,2-5,9H2,1H3. The van der Waals surface area contributed by atoms with E-state index in [4.69, 9.17) is 10.00 Å². The topological polar surface area (TPSA) is 62.1 Å². The highest BCUT2D eigenvalue weighted by Crippen LogP contribution is 2.30. The summed E-state index contributed by atoms with van der Waals surface area (Å²) in [5.74, 6) is -0.0868. The Hall–Kier alpha value is -1.54. The Morgan fingerprint density at radius 1 is 1.52 bits per heavy atom. The summed E-state index contributed by atoms with van der Waals surface area (Å²) >= 11 is 3.48. The van der Waals surface area contributed by atoms with Gasteiger partial charge in [0.2, 0.25) is 0 Å². The van der Waals surface area contributed by atoms with Gasteiger partial charge in [-0.05, 0) is 60.3 Å². The van der Waals surface area contributed by atoms with E-state index >= 15 is 0 Å². The van der Waals surface area contributed by atoms with Crippen LogP contribution in [-0.4, -0.2) is 18.6 Å². The fourth-order valence-electron chi connectivity index (χ4n) is 2.72. The summed E-state index contributed by atoms with van der Waals surface area (Å²) in [5.41, 5.74) is 1.59. The first-order valence-electron chi connectivity index (χ1n) is 7.26. The summed E-state index contributed by atoms with van der Waals surface area (Å²) in [6.07, 6.45) is 3.77. The Labute approximate surface area is 133 Å². The zero-order chi connectivity index (χ0) is 15.2. The number of nitriles is 1. The Bertz CT molecular complexity index is 554. The maximum atomic E-state index is 11.9. The average molecular weight is 351 g/mol. The molecule has 21 heavy (non-hydrogen) atoms. The van der Waals surface area contributed by atoms with Gasteiger partial charge in [-0.2, -0.15) is 5.26 Å². The molecule has 0 aliphatic heterocycles. The zero-order valence-corrected chi connectivity index (χ0v) is 13.6. The van der Waals surface area contributed by atoms with E-state index in [2.05, 4.69) is 27.3 Å². The van der Waals surface area contributed by atoms with Gasteiger partial charge in [0.25, 0.3) is 0 Å². The molecule has 1 aliphatic carbocycles. The minimum atomic E-state index is -0.0807. The second-order valence-corrected chi connectivity index (χ2v) is 6.12. The van der Waals surface area contributed by atoms with Crippen LogP contribution in [0.25, 0.3) is 0 Å². The Balaban J connectivity index is 1.99. The van der Waals surface area contributed by atoms with Gasteiger partial charge < -0.3 is 10.1 Å². The predicted molar refractivity (Wildman–Crippen MR) is 84.9 cm³/mol. The number of carbonyl (C=O) groups excluding carboxylic acids is 1. The van der Waals surface area contributed by atoms with E-state index in [1.54, 1.807) is 12.1 Å². The van der Waals surface area contributed by atoms with Crippen LogP contribution in [0.4, 0.5) is 5.69 Å². The molecule has 0 bridgehead atoms. The van der Waals surface area contributed by atoms with E-state index in [1.165, 1.54) is 0 Å². The predicted octanol–water partition coefficient (Wildman–Crippen LogP) is 3.85. The number of ether oxygens (including phenoxy) is 1. The molecule has 0 amide bonds. The van der Waals surface area contributed by atoms with Crippen molar-refractivity contribution >= 4 is 27.6 Å². The first-order chi connectivity index (χ1) is 10.1. The normalized spacial score (nSPS) is 21.4. The minimum absolute atomic E-state index is 0.00615. The molecular formula is C16H19BrN2O2. The van der Waals surface area contributed by atoms with Crippen molar-refractivity contribution in [2.24, 2.45) is 5.92 Å². The van der Waals surface area contributed by atoms with Gasteiger partial charge in [-0.15, -0.1) is 0 Å². The Morgan fingerprint density at radius 3 is 3.00 bits per heavy atom. The second-order valence-electron chi connectivity index (χ2n) is 5.26. The molecule has 112 valence electrons. The largest absolute Gasteiger partial charge is 0.466 e. The highest BCUT2D eigenvalue weighted by Gasteiger charge is 2.28. The van der Waals surface area contributed by atoms with Crippen LogP contribution in [-0.2, 0) is 9.53 Å². The quantitative estimate of drug-likeness (QED) is 0.837. The molecule has 0 heterocycles. The minimum Gasteiger partial charge on any atom is -0.466 e. The smallest absolute Gasteiger partial charge is 0.308 e. The molecule has 1 N–H and O–H groups in total. The van der Waals surface area contributed by atoms with E-state index < -0.39 is 0 Å². The maximum Gasteiger partial charge on any atom is 0.308 e. The van der Waals surface area contributed by atoms with Gasteiger partial charge in [0.05, 0.1) is 24.2 Å². The van der Waals surface area contributed by atoms with E-state index in [1.807, 2.05) is 13.0 Å². The van der Waals surface area contributed by atoms with Crippen molar-refractivity contribution in [1.29, 1.82) is 5.26 Å². The van der Waals surface area contributed by atoms with Crippen LogP contribution < -0.4 is 5.32 Å². The van der Waals surface area contributed by atoms with Crippen molar-refractivity contribution in [2.45, 2.75) is 38.6 Å². The third-order valence-electron chi connectivity index (χ3n) is 3.75. The lowest BCUT2D eigenvalue weighted by Crippen LogP contribution is -2.32. The summed E-state index contributed by atoms with van der Waals surface area (Å²) in [4.78, 5) is 11.9. The van der Waals surface area contributed by atoms with E-state index in [0.717, 1.165) is 35.8 Å². The van der Waals surface area contributed by atoms with Crippen LogP contribution in [0.3, 0.4) is 0 Å². The third-order valence-corrected chi connectivity index (χ3v) is 4.41. The summed E-state index contributed by atoms with van der Waals surface area (Å²) < 4.78 is 6.00. The molecule has 2 atom stereocenters. The van der Waals surface area contributed by atoms with Gasteiger partial charge >= 0.3 is 5.97 Å². The molecule has 1 fully saturated rings. The van der Waals surface area contributed by atoms with Crippen LogP contribution in [0.2, 0.25) is 0 Å². The molecule has 5 heteroatoms. The van der Waals surface area contributed by atoms with E-state index in [-0.39, 0.29) is 17.9 Å². The summed E-state index contributed by atoms with van der Waals surface area (Å²) in [6.45, 7) is 2.28. The summed E-state index contributed by atoms with van der Waals surface area (Å²) in [7, 11) is 0. The first-order valence-corrected chi connectivity index (χ1v) is 8.06. The highest BCUT2D eigenvalue weighted by molar-refractivity contribution is 9.10. The molecule has 1 aromatic carbocycles. The number of halogens is 1. The molecular weight excluding hydrogens is 332 g/mol. The van der Waals surface area contributed by atoms with Gasteiger partial charge in [-0.25, -0.2) is 0 Å². The maximum absolute atomic E-state index is 11.9. The van der Waals surface area contributed by atoms with E-state index in [0.29, 0.717) is 12.2 Å². The molecule has 1 aliphatic rings.